The Balaban J connectivity index is 1.44. The van der Waals surface area contributed by atoms with Gasteiger partial charge in [0.25, 0.3) is 5.91 Å². The van der Waals surface area contributed by atoms with Crippen molar-refractivity contribution < 1.29 is 18.4 Å². The Hall–Kier alpha value is -3.29. The summed E-state index contributed by atoms with van der Waals surface area (Å²) in [5.41, 5.74) is 0.416. The molecule has 1 unspecified atom stereocenters. The molecule has 0 saturated carbocycles. The van der Waals surface area contributed by atoms with E-state index in [9.17, 15) is 9.18 Å². The van der Waals surface area contributed by atoms with E-state index in [1.807, 2.05) is 0 Å². The van der Waals surface area contributed by atoms with Gasteiger partial charge in [0, 0.05) is 25.4 Å². The summed E-state index contributed by atoms with van der Waals surface area (Å²) in [6, 6.07) is 11.0. The zero-order valence-electron chi connectivity index (χ0n) is 14.4. The monoisotopic (exact) mass is 368 g/mol. The van der Waals surface area contributed by atoms with Crippen LogP contribution in [0.5, 0.6) is 11.8 Å². The van der Waals surface area contributed by atoms with Crippen LogP contribution in [0.1, 0.15) is 35.1 Å². The molecule has 27 heavy (non-hydrogen) atoms. The zero-order chi connectivity index (χ0) is 18.6. The van der Waals surface area contributed by atoms with Crippen molar-refractivity contribution >= 4 is 5.91 Å². The molecule has 0 N–H and O–H groups in total. The Morgan fingerprint density at radius 1 is 1.26 bits per heavy atom. The third-order valence-electron chi connectivity index (χ3n) is 4.37. The molecule has 1 aromatic carbocycles. The van der Waals surface area contributed by atoms with Crippen LogP contribution in [0, 0.1) is 5.82 Å². The number of rotatable bonds is 4. The Labute approximate surface area is 154 Å². The van der Waals surface area contributed by atoms with Gasteiger partial charge in [0.2, 0.25) is 5.89 Å². The molecule has 4 rings (SSSR count). The summed E-state index contributed by atoms with van der Waals surface area (Å²) in [5.74, 6) is 0.0878. The van der Waals surface area contributed by atoms with Crippen LogP contribution in [0.3, 0.4) is 0 Å². The molecule has 1 aliphatic heterocycles. The van der Waals surface area contributed by atoms with Crippen molar-refractivity contribution in [1.29, 1.82) is 0 Å². The predicted octanol–water partition coefficient (Wildman–Crippen LogP) is 3.42. The molecule has 1 atom stereocenters. The maximum absolute atomic E-state index is 13.2. The van der Waals surface area contributed by atoms with Gasteiger partial charge >= 0.3 is 6.01 Å². The van der Waals surface area contributed by atoms with Crippen LogP contribution in [0.2, 0.25) is 0 Å². The highest BCUT2D eigenvalue weighted by Crippen LogP contribution is 2.28. The summed E-state index contributed by atoms with van der Waals surface area (Å²) < 4.78 is 24.0. The van der Waals surface area contributed by atoms with Crippen LogP contribution in [0.4, 0.5) is 4.39 Å². The molecule has 2 aromatic heterocycles. The molecular weight excluding hydrogens is 351 g/mol. The average Bonchev–Trinajstić information content (AvgIpc) is 3.17. The highest BCUT2D eigenvalue weighted by molar-refractivity contribution is 5.92. The van der Waals surface area contributed by atoms with Gasteiger partial charge in [0.1, 0.15) is 17.3 Å². The molecule has 0 spiro atoms. The molecule has 0 bridgehead atoms. The number of carbonyl (C=O) groups is 1. The van der Waals surface area contributed by atoms with Crippen molar-refractivity contribution in [2.75, 3.05) is 13.1 Å². The molecule has 0 radical (unpaired) electrons. The second-order valence-electron chi connectivity index (χ2n) is 6.28. The number of aromatic nitrogens is 3. The number of ether oxygens (including phenoxy) is 1. The molecule has 3 aromatic rings. The summed E-state index contributed by atoms with van der Waals surface area (Å²) in [4.78, 5) is 22.7. The van der Waals surface area contributed by atoms with Gasteiger partial charge in [-0.1, -0.05) is 12.1 Å². The number of nitrogens with zero attached hydrogens (tertiary/aromatic N) is 4. The molecule has 1 saturated heterocycles. The van der Waals surface area contributed by atoms with Crippen LogP contribution in [0.25, 0.3) is 0 Å². The molecule has 138 valence electrons. The van der Waals surface area contributed by atoms with E-state index >= 15 is 0 Å². The van der Waals surface area contributed by atoms with Crippen molar-refractivity contribution in [3.05, 3.63) is 66.1 Å². The summed E-state index contributed by atoms with van der Waals surface area (Å²) >= 11 is 0. The van der Waals surface area contributed by atoms with Crippen LogP contribution in [0.15, 0.2) is 53.2 Å². The Bertz CT molecular complexity index is 931. The maximum Gasteiger partial charge on any atom is 0.359 e. The van der Waals surface area contributed by atoms with Crippen LogP contribution in [-0.4, -0.2) is 39.0 Å². The first-order chi connectivity index (χ1) is 13.2. The highest BCUT2D eigenvalue weighted by Gasteiger charge is 2.29. The fourth-order valence-electron chi connectivity index (χ4n) is 3.08. The van der Waals surface area contributed by atoms with Crippen molar-refractivity contribution in [3.63, 3.8) is 0 Å². The lowest BCUT2D eigenvalue weighted by molar-refractivity contribution is 0.0689. The summed E-state index contributed by atoms with van der Waals surface area (Å²) in [7, 11) is 0. The first-order valence-electron chi connectivity index (χ1n) is 8.66. The van der Waals surface area contributed by atoms with E-state index in [0.29, 0.717) is 24.7 Å². The van der Waals surface area contributed by atoms with E-state index < -0.39 is 5.82 Å². The number of amides is 1. The quantitative estimate of drug-likeness (QED) is 0.702. The second kappa shape index (κ2) is 7.53. The number of pyridine rings is 1. The standard InChI is InChI=1S/C19H17FN4O3/c20-14-6-3-7-15(11-14)26-19-22-17(27-23-19)13-5-4-10-24(12-13)18(25)16-8-1-2-9-21-16/h1-3,6-9,11,13H,4-5,10,12H2. The lowest BCUT2D eigenvalue weighted by atomic mass is 9.97. The number of benzene rings is 1. The van der Waals surface area contributed by atoms with Gasteiger partial charge < -0.3 is 14.2 Å². The van der Waals surface area contributed by atoms with E-state index in [1.54, 1.807) is 35.4 Å². The topological polar surface area (TPSA) is 81.4 Å². The van der Waals surface area contributed by atoms with Crippen LogP contribution >= 0.6 is 0 Å². The minimum atomic E-state index is -0.410. The zero-order valence-corrected chi connectivity index (χ0v) is 14.4. The fraction of sp³-hybridized carbons (Fsp3) is 0.263. The van der Waals surface area contributed by atoms with Crippen molar-refractivity contribution in [2.45, 2.75) is 18.8 Å². The molecule has 1 fully saturated rings. The fourth-order valence-corrected chi connectivity index (χ4v) is 3.08. The average molecular weight is 368 g/mol. The summed E-state index contributed by atoms with van der Waals surface area (Å²) in [6.07, 6.45) is 3.25. The minimum Gasteiger partial charge on any atom is -0.422 e. The van der Waals surface area contributed by atoms with E-state index in [0.717, 1.165) is 12.8 Å². The third kappa shape index (κ3) is 3.94. The van der Waals surface area contributed by atoms with E-state index in [4.69, 9.17) is 9.26 Å². The van der Waals surface area contributed by atoms with Gasteiger partial charge in [-0.3, -0.25) is 9.78 Å². The van der Waals surface area contributed by atoms with Crippen LogP contribution < -0.4 is 4.74 Å². The predicted molar refractivity (Wildman–Crippen MR) is 92.9 cm³/mol. The normalized spacial score (nSPS) is 16.9. The summed E-state index contributed by atoms with van der Waals surface area (Å²) in [6.45, 7) is 1.13. The van der Waals surface area contributed by atoms with Gasteiger partial charge in [-0.15, -0.1) is 0 Å². The van der Waals surface area contributed by atoms with Gasteiger partial charge in [-0.2, -0.15) is 4.98 Å². The molecule has 3 heterocycles. The van der Waals surface area contributed by atoms with Crippen molar-refractivity contribution in [2.24, 2.45) is 0 Å². The Morgan fingerprint density at radius 2 is 2.19 bits per heavy atom. The number of carbonyl (C=O) groups excluding carboxylic acids is 1. The number of hydrogen-bond acceptors (Lipinski definition) is 6. The van der Waals surface area contributed by atoms with Gasteiger partial charge in [-0.25, -0.2) is 4.39 Å². The molecule has 1 aliphatic rings. The number of likely N-dealkylation sites (tertiary alicyclic amines) is 1. The van der Waals surface area contributed by atoms with Gasteiger partial charge in [0.05, 0.1) is 5.92 Å². The Morgan fingerprint density at radius 3 is 3.00 bits per heavy atom. The second-order valence-corrected chi connectivity index (χ2v) is 6.28. The third-order valence-corrected chi connectivity index (χ3v) is 4.37. The largest absolute Gasteiger partial charge is 0.422 e. The highest BCUT2D eigenvalue weighted by atomic mass is 19.1. The molecule has 1 amide bonds. The van der Waals surface area contributed by atoms with Gasteiger partial charge in [0.15, 0.2) is 0 Å². The number of hydrogen-bond donors (Lipinski definition) is 0. The van der Waals surface area contributed by atoms with Crippen molar-refractivity contribution in [1.82, 2.24) is 20.0 Å². The summed E-state index contributed by atoms with van der Waals surface area (Å²) in [5, 5.41) is 3.80. The lowest BCUT2D eigenvalue weighted by Gasteiger charge is -2.30. The SMILES string of the molecule is O=C(c1ccccn1)N1CCCC(c2nc(Oc3cccc(F)c3)no2)C1. The first-order valence-corrected chi connectivity index (χ1v) is 8.66. The lowest BCUT2D eigenvalue weighted by Crippen LogP contribution is -2.39. The molecule has 7 nitrogen and oxygen atoms in total. The van der Waals surface area contributed by atoms with E-state index in [1.165, 1.54) is 18.2 Å². The molecule has 8 heteroatoms. The maximum atomic E-state index is 13.2. The number of piperidine rings is 1. The van der Waals surface area contributed by atoms with Crippen molar-refractivity contribution in [3.8, 4) is 11.8 Å². The Kier molecular flexibility index (Phi) is 4.78. The van der Waals surface area contributed by atoms with Crippen LogP contribution in [-0.2, 0) is 0 Å². The first kappa shape index (κ1) is 17.1. The minimum absolute atomic E-state index is 0.0174. The molecular formula is C19H17FN4O3. The van der Waals surface area contributed by atoms with Gasteiger partial charge in [-0.05, 0) is 42.3 Å². The van der Waals surface area contributed by atoms with E-state index in [2.05, 4.69) is 15.1 Å². The molecule has 0 aliphatic carbocycles. The number of halogens is 1. The smallest absolute Gasteiger partial charge is 0.359 e. The van der Waals surface area contributed by atoms with E-state index in [-0.39, 0.29) is 23.6 Å².